The molecule has 9 nitrogen and oxygen atoms in total. The zero-order chi connectivity index (χ0) is 18.0. The molecule has 130 valence electrons. The number of hydrogen-bond donors (Lipinski definition) is 3. The molecule has 0 unspecified atom stereocenters. The highest BCUT2D eigenvalue weighted by atomic mass is 16.2. The van der Waals surface area contributed by atoms with E-state index in [0.717, 1.165) is 0 Å². The number of nitrogens with zero attached hydrogens (tertiary/aromatic N) is 3. The number of amides is 3. The topological polar surface area (TPSA) is 118 Å². The van der Waals surface area contributed by atoms with Crippen LogP contribution in [-0.2, 0) is 20.8 Å². The largest absolute Gasteiger partial charge is 0.326 e. The Morgan fingerprint density at radius 2 is 1.84 bits per heavy atom. The molecule has 2 heterocycles. The maximum atomic E-state index is 12.2. The molecule has 3 amide bonds. The van der Waals surface area contributed by atoms with Crippen LogP contribution in [0, 0.1) is 0 Å². The Morgan fingerprint density at radius 1 is 1.20 bits per heavy atom. The fraction of sp³-hybridized carbons (Fsp3) is 0.312. The molecule has 0 saturated carbocycles. The number of carbonyl (C=O) groups excluding carboxylic acids is 3. The van der Waals surface area contributed by atoms with E-state index in [1.807, 2.05) is 6.92 Å². The van der Waals surface area contributed by atoms with Crippen molar-refractivity contribution in [2.24, 2.45) is 0 Å². The van der Waals surface area contributed by atoms with Crippen LogP contribution in [0.2, 0.25) is 0 Å². The van der Waals surface area contributed by atoms with E-state index in [-0.39, 0.29) is 24.1 Å². The normalized spacial score (nSPS) is 15.4. The molecule has 0 saturated heterocycles. The lowest BCUT2D eigenvalue weighted by molar-refractivity contribution is -0.123. The molecule has 2 aromatic rings. The molecule has 9 heteroatoms. The van der Waals surface area contributed by atoms with E-state index in [2.05, 4.69) is 26.0 Å². The third-order valence-electron chi connectivity index (χ3n) is 3.69. The average molecular weight is 342 g/mol. The SMILES string of the molecule is CCc1nc2n(n1)[C@@H](CC(=O)Nc1ccc(NC(C)=O)cc1)C(=O)N2. The van der Waals surface area contributed by atoms with E-state index in [1.165, 1.54) is 11.6 Å². The van der Waals surface area contributed by atoms with Crippen molar-refractivity contribution in [1.82, 2.24) is 14.8 Å². The summed E-state index contributed by atoms with van der Waals surface area (Å²) in [5.41, 5.74) is 1.21. The predicted octanol–water partition coefficient (Wildman–Crippen LogP) is 1.32. The summed E-state index contributed by atoms with van der Waals surface area (Å²) in [5, 5.41) is 12.2. The van der Waals surface area contributed by atoms with Crippen LogP contribution < -0.4 is 16.0 Å². The van der Waals surface area contributed by atoms with Crippen LogP contribution in [0.5, 0.6) is 0 Å². The number of anilines is 3. The average Bonchev–Trinajstić information content (AvgIpc) is 3.07. The number of nitrogens with one attached hydrogen (secondary N) is 3. The van der Waals surface area contributed by atoms with Gasteiger partial charge in [-0.05, 0) is 24.3 Å². The molecule has 0 aliphatic carbocycles. The highest BCUT2D eigenvalue weighted by molar-refractivity contribution is 6.01. The van der Waals surface area contributed by atoms with E-state index in [0.29, 0.717) is 29.6 Å². The zero-order valence-corrected chi connectivity index (χ0v) is 13.9. The van der Waals surface area contributed by atoms with Crippen molar-refractivity contribution in [2.75, 3.05) is 16.0 Å². The lowest BCUT2D eigenvalue weighted by atomic mass is 10.2. The van der Waals surface area contributed by atoms with Crippen molar-refractivity contribution in [1.29, 1.82) is 0 Å². The van der Waals surface area contributed by atoms with Crippen LogP contribution in [0.25, 0.3) is 0 Å². The Balaban J connectivity index is 1.64. The highest BCUT2D eigenvalue weighted by Crippen LogP contribution is 2.25. The number of fused-ring (bicyclic) bond motifs is 1. The summed E-state index contributed by atoms with van der Waals surface area (Å²) in [4.78, 5) is 39.4. The summed E-state index contributed by atoms with van der Waals surface area (Å²) in [7, 11) is 0. The molecule has 3 N–H and O–H groups in total. The predicted molar refractivity (Wildman–Crippen MR) is 91.1 cm³/mol. The molecule has 1 aliphatic heterocycles. The first-order valence-corrected chi connectivity index (χ1v) is 7.90. The van der Waals surface area contributed by atoms with Gasteiger partial charge >= 0.3 is 0 Å². The first kappa shape index (κ1) is 16.6. The van der Waals surface area contributed by atoms with Crippen molar-refractivity contribution in [2.45, 2.75) is 32.7 Å². The molecule has 1 aliphatic rings. The molecular formula is C16H18N6O3. The third-order valence-corrected chi connectivity index (χ3v) is 3.69. The Morgan fingerprint density at radius 3 is 2.44 bits per heavy atom. The minimum absolute atomic E-state index is 0.0429. The standard InChI is InChI=1S/C16H18N6O3/c1-3-13-19-16-20-15(25)12(22(16)21-13)8-14(24)18-11-6-4-10(5-7-11)17-9(2)23/h4-7,12H,3,8H2,1-2H3,(H,17,23)(H,18,24)(H,19,20,21,25)/t12-/m0/s1. The maximum Gasteiger partial charge on any atom is 0.252 e. The molecule has 1 aromatic carbocycles. The molecular weight excluding hydrogens is 324 g/mol. The minimum Gasteiger partial charge on any atom is -0.326 e. The summed E-state index contributed by atoms with van der Waals surface area (Å²) in [6.45, 7) is 3.34. The van der Waals surface area contributed by atoms with Crippen LogP contribution in [-0.4, -0.2) is 32.5 Å². The van der Waals surface area contributed by atoms with Crippen molar-refractivity contribution < 1.29 is 14.4 Å². The number of aromatic nitrogens is 3. The second-order valence-electron chi connectivity index (χ2n) is 5.67. The van der Waals surface area contributed by atoms with E-state index in [9.17, 15) is 14.4 Å². The molecule has 0 bridgehead atoms. The fourth-order valence-electron chi connectivity index (χ4n) is 2.53. The summed E-state index contributed by atoms with van der Waals surface area (Å²) < 4.78 is 1.46. The first-order valence-electron chi connectivity index (χ1n) is 7.90. The van der Waals surface area contributed by atoms with Gasteiger partial charge in [-0.25, -0.2) is 4.68 Å². The van der Waals surface area contributed by atoms with Crippen molar-refractivity contribution in [3.8, 4) is 0 Å². The van der Waals surface area contributed by atoms with Gasteiger partial charge in [0.05, 0.1) is 6.42 Å². The quantitative estimate of drug-likeness (QED) is 0.757. The van der Waals surface area contributed by atoms with E-state index < -0.39 is 6.04 Å². The van der Waals surface area contributed by atoms with Gasteiger partial charge < -0.3 is 10.6 Å². The zero-order valence-electron chi connectivity index (χ0n) is 13.9. The minimum atomic E-state index is -0.707. The Bertz CT molecular complexity index is 827. The molecule has 1 aromatic heterocycles. The van der Waals surface area contributed by atoms with Gasteiger partial charge in [0.1, 0.15) is 6.04 Å². The monoisotopic (exact) mass is 342 g/mol. The maximum absolute atomic E-state index is 12.2. The molecule has 25 heavy (non-hydrogen) atoms. The lowest BCUT2D eigenvalue weighted by Crippen LogP contribution is -2.24. The van der Waals surface area contributed by atoms with Gasteiger partial charge in [-0.15, -0.1) is 0 Å². The Kier molecular flexibility index (Phi) is 4.46. The van der Waals surface area contributed by atoms with Crippen molar-refractivity contribution in [3.63, 3.8) is 0 Å². The van der Waals surface area contributed by atoms with E-state index in [4.69, 9.17) is 0 Å². The number of carbonyl (C=O) groups is 3. The van der Waals surface area contributed by atoms with Gasteiger partial charge in [0.25, 0.3) is 5.91 Å². The van der Waals surface area contributed by atoms with Crippen LogP contribution in [0.1, 0.15) is 32.1 Å². The smallest absolute Gasteiger partial charge is 0.252 e. The lowest BCUT2D eigenvalue weighted by Gasteiger charge is -2.10. The summed E-state index contributed by atoms with van der Waals surface area (Å²) in [6, 6.07) is 6.01. The highest BCUT2D eigenvalue weighted by Gasteiger charge is 2.34. The molecule has 3 rings (SSSR count). The molecule has 0 spiro atoms. The van der Waals surface area contributed by atoms with E-state index >= 15 is 0 Å². The van der Waals surface area contributed by atoms with Gasteiger partial charge in [-0.1, -0.05) is 6.92 Å². The van der Waals surface area contributed by atoms with Crippen molar-refractivity contribution in [3.05, 3.63) is 30.1 Å². The Hall–Kier alpha value is -3.23. The fourth-order valence-corrected chi connectivity index (χ4v) is 2.53. The van der Waals surface area contributed by atoms with Gasteiger partial charge in [0.15, 0.2) is 5.82 Å². The summed E-state index contributed by atoms with van der Waals surface area (Å²) >= 11 is 0. The second-order valence-corrected chi connectivity index (χ2v) is 5.67. The van der Waals surface area contributed by atoms with Crippen LogP contribution in [0.4, 0.5) is 17.3 Å². The third kappa shape index (κ3) is 3.65. The van der Waals surface area contributed by atoms with Gasteiger partial charge in [0, 0.05) is 24.7 Å². The van der Waals surface area contributed by atoms with Gasteiger partial charge in [-0.3, -0.25) is 19.7 Å². The summed E-state index contributed by atoms with van der Waals surface area (Å²) in [5.74, 6) is 0.218. The van der Waals surface area contributed by atoms with Crippen LogP contribution in [0.3, 0.4) is 0 Å². The first-order chi connectivity index (χ1) is 12.0. The number of benzene rings is 1. The van der Waals surface area contributed by atoms with Crippen molar-refractivity contribution >= 4 is 35.0 Å². The number of aryl methyl sites for hydroxylation is 1. The number of hydrogen-bond acceptors (Lipinski definition) is 5. The van der Waals surface area contributed by atoms with Gasteiger partial charge in [0.2, 0.25) is 17.8 Å². The number of rotatable bonds is 5. The van der Waals surface area contributed by atoms with Gasteiger partial charge in [-0.2, -0.15) is 10.1 Å². The van der Waals surface area contributed by atoms with Crippen LogP contribution in [0.15, 0.2) is 24.3 Å². The second kappa shape index (κ2) is 6.71. The molecule has 0 fully saturated rings. The molecule has 0 radical (unpaired) electrons. The van der Waals surface area contributed by atoms with E-state index in [1.54, 1.807) is 24.3 Å². The van der Waals surface area contributed by atoms with Crippen LogP contribution >= 0.6 is 0 Å². The summed E-state index contributed by atoms with van der Waals surface area (Å²) in [6.07, 6.45) is 0.605. The molecule has 1 atom stereocenters. The Labute approximate surface area is 143 Å².